The Hall–Kier alpha value is -3.65. The predicted octanol–water partition coefficient (Wildman–Crippen LogP) is 2.73. The first kappa shape index (κ1) is 22.5. The zero-order valence-corrected chi connectivity index (χ0v) is 19.0. The van der Waals surface area contributed by atoms with Gasteiger partial charge in [-0.2, -0.15) is 5.10 Å². The van der Waals surface area contributed by atoms with Gasteiger partial charge in [-0.15, -0.1) is 0 Å². The number of carbonyl (C=O) groups is 2. The first-order chi connectivity index (χ1) is 16.0. The van der Waals surface area contributed by atoms with Gasteiger partial charge in [0, 0.05) is 64.0 Å². The number of aryl methyl sites for hydroxylation is 1. The number of amides is 2. The molecule has 0 aliphatic carbocycles. The van der Waals surface area contributed by atoms with Crippen molar-refractivity contribution in [1.82, 2.24) is 24.9 Å². The number of piperazine rings is 1. The molecule has 0 saturated carbocycles. The molecule has 8 nitrogen and oxygen atoms in total. The van der Waals surface area contributed by atoms with E-state index in [1.165, 1.54) is 6.08 Å². The van der Waals surface area contributed by atoms with Gasteiger partial charge in [-0.1, -0.05) is 18.2 Å². The van der Waals surface area contributed by atoms with Gasteiger partial charge in [0.1, 0.15) is 11.5 Å². The molecule has 1 aromatic carbocycles. The summed E-state index contributed by atoms with van der Waals surface area (Å²) >= 11 is 0. The maximum atomic E-state index is 12.4. The van der Waals surface area contributed by atoms with E-state index in [0.29, 0.717) is 18.0 Å². The molecule has 8 heteroatoms. The Morgan fingerprint density at radius 3 is 2.52 bits per heavy atom. The molecular weight excluding hydrogens is 418 g/mol. The van der Waals surface area contributed by atoms with Crippen LogP contribution in [0.5, 0.6) is 0 Å². The molecule has 3 aromatic rings. The molecule has 1 aliphatic heterocycles. The molecule has 1 fully saturated rings. The van der Waals surface area contributed by atoms with Crippen molar-refractivity contribution in [2.24, 2.45) is 0 Å². The average Bonchev–Trinajstić information content (AvgIpc) is 3.45. The summed E-state index contributed by atoms with van der Waals surface area (Å²) in [5, 5.41) is 7.63. The number of hydrogen-bond acceptors (Lipinski definition) is 5. The van der Waals surface area contributed by atoms with E-state index < -0.39 is 0 Å². The van der Waals surface area contributed by atoms with Crippen LogP contribution in [0.4, 0.5) is 0 Å². The number of hydrogen-bond donors (Lipinski definition) is 1. The summed E-state index contributed by atoms with van der Waals surface area (Å²) in [6.07, 6.45) is 5.18. The molecule has 0 spiro atoms. The summed E-state index contributed by atoms with van der Waals surface area (Å²) in [6.45, 7) is 7.94. The maximum Gasteiger partial charge on any atom is 0.244 e. The Bertz CT molecular complexity index is 1120. The topological polar surface area (TPSA) is 83.6 Å². The molecule has 172 valence electrons. The lowest BCUT2D eigenvalue weighted by Gasteiger charge is -2.34. The van der Waals surface area contributed by atoms with Gasteiger partial charge in [-0.05, 0) is 37.3 Å². The minimum atomic E-state index is -0.161. The maximum absolute atomic E-state index is 12.4. The third-order valence-corrected chi connectivity index (χ3v) is 5.70. The Labute approximate surface area is 193 Å². The SMILES string of the molecule is CC(=O)N1CCN(CCNC(=O)C=Cc2cn(-c3ccccc3)nc2-c2ccc(C)o2)CC1. The van der Waals surface area contributed by atoms with Crippen molar-refractivity contribution < 1.29 is 14.0 Å². The van der Waals surface area contributed by atoms with Crippen molar-refractivity contribution in [3.63, 3.8) is 0 Å². The van der Waals surface area contributed by atoms with Crippen LogP contribution in [0.2, 0.25) is 0 Å². The van der Waals surface area contributed by atoms with Gasteiger partial charge in [0.15, 0.2) is 5.76 Å². The molecule has 2 aromatic heterocycles. The first-order valence-corrected chi connectivity index (χ1v) is 11.2. The number of para-hydroxylation sites is 1. The Morgan fingerprint density at radius 1 is 1.09 bits per heavy atom. The number of nitrogens with one attached hydrogen (secondary N) is 1. The molecule has 0 atom stereocenters. The second-order valence-corrected chi connectivity index (χ2v) is 8.10. The molecule has 1 saturated heterocycles. The summed E-state index contributed by atoms with van der Waals surface area (Å²) in [5.41, 5.74) is 2.40. The fraction of sp³-hybridized carbons (Fsp3) is 0.320. The standard InChI is InChI=1S/C25H29N5O3/c1-19-8-10-23(33-19)25-21(18-30(27-25)22-6-4-3-5-7-22)9-11-24(32)26-12-13-28-14-16-29(17-15-28)20(2)31/h3-11,18H,12-17H2,1-2H3,(H,26,32). The number of furan rings is 1. The van der Waals surface area contributed by atoms with Crippen LogP contribution in [0.25, 0.3) is 23.2 Å². The zero-order valence-electron chi connectivity index (χ0n) is 19.0. The molecule has 1 N–H and O–H groups in total. The van der Waals surface area contributed by atoms with Gasteiger partial charge >= 0.3 is 0 Å². The van der Waals surface area contributed by atoms with Crippen molar-refractivity contribution in [1.29, 1.82) is 0 Å². The average molecular weight is 448 g/mol. The lowest BCUT2D eigenvalue weighted by molar-refractivity contribution is -0.130. The van der Waals surface area contributed by atoms with E-state index in [9.17, 15) is 9.59 Å². The molecular formula is C25H29N5O3. The lowest BCUT2D eigenvalue weighted by Crippen LogP contribution is -2.49. The van der Waals surface area contributed by atoms with Crippen LogP contribution in [0.15, 0.2) is 59.2 Å². The number of carbonyl (C=O) groups excluding carboxylic acids is 2. The Balaban J connectivity index is 1.38. The van der Waals surface area contributed by atoms with Crippen LogP contribution in [0.1, 0.15) is 18.2 Å². The van der Waals surface area contributed by atoms with E-state index in [0.717, 1.165) is 49.7 Å². The fourth-order valence-electron chi connectivity index (χ4n) is 3.82. The number of nitrogens with zero attached hydrogens (tertiary/aromatic N) is 4. The smallest absolute Gasteiger partial charge is 0.244 e. The lowest BCUT2D eigenvalue weighted by atomic mass is 10.2. The third-order valence-electron chi connectivity index (χ3n) is 5.70. The molecule has 2 amide bonds. The van der Waals surface area contributed by atoms with Crippen molar-refractivity contribution in [3.05, 3.63) is 66.1 Å². The Morgan fingerprint density at radius 2 is 1.85 bits per heavy atom. The second-order valence-electron chi connectivity index (χ2n) is 8.10. The highest BCUT2D eigenvalue weighted by Crippen LogP contribution is 2.26. The van der Waals surface area contributed by atoms with Crippen LogP contribution >= 0.6 is 0 Å². The molecule has 0 bridgehead atoms. The van der Waals surface area contributed by atoms with Gasteiger partial charge < -0.3 is 14.6 Å². The van der Waals surface area contributed by atoms with Gasteiger partial charge in [0.25, 0.3) is 0 Å². The number of aromatic nitrogens is 2. The molecule has 0 radical (unpaired) electrons. The van der Waals surface area contributed by atoms with E-state index in [1.54, 1.807) is 17.7 Å². The van der Waals surface area contributed by atoms with Crippen LogP contribution < -0.4 is 5.32 Å². The molecule has 3 heterocycles. The minimum absolute atomic E-state index is 0.118. The molecule has 0 unspecified atom stereocenters. The fourth-order valence-corrected chi connectivity index (χ4v) is 3.82. The van der Waals surface area contributed by atoms with Crippen LogP contribution in [-0.2, 0) is 9.59 Å². The summed E-state index contributed by atoms with van der Waals surface area (Å²) in [5.74, 6) is 1.42. The normalized spacial score (nSPS) is 14.7. The zero-order chi connectivity index (χ0) is 23.2. The molecule has 1 aliphatic rings. The van der Waals surface area contributed by atoms with E-state index >= 15 is 0 Å². The summed E-state index contributed by atoms with van der Waals surface area (Å²) in [4.78, 5) is 27.9. The summed E-state index contributed by atoms with van der Waals surface area (Å²) in [6, 6.07) is 13.6. The van der Waals surface area contributed by atoms with E-state index in [4.69, 9.17) is 4.42 Å². The van der Waals surface area contributed by atoms with Gasteiger partial charge in [-0.3, -0.25) is 14.5 Å². The van der Waals surface area contributed by atoms with Crippen molar-refractivity contribution >= 4 is 17.9 Å². The van der Waals surface area contributed by atoms with E-state index in [1.807, 2.05) is 60.5 Å². The quantitative estimate of drug-likeness (QED) is 0.563. The Kier molecular flexibility index (Phi) is 7.04. The van der Waals surface area contributed by atoms with Crippen LogP contribution in [-0.4, -0.2) is 70.7 Å². The third kappa shape index (κ3) is 5.78. The van der Waals surface area contributed by atoms with Crippen LogP contribution in [0.3, 0.4) is 0 Å². The predicted molar refractivity (Wildman–Crippen MR) is 127 cm³/mol. The largest absolute Gasteiger partial charge is 0.460 e. The highest BCUT2D eigenvalue weighted by molar-refractivity contribution is 5.92. The van der Waals surface area contributed by atoms with Crippen LogP contribution in [0, 0.1) is 6.92 Å². The highest BCUT2D eigenvalue weighted by Gasteiger charge is 2.18. The van der Waals surface area contributed by atoms with Crippen molar-refractivity contribution in [2.45, 2.75) is 13.8 Å². The molecule has 4 rings (SSSR count). The first-order valence-electron chi connectivity index (χ1n) is 11.2. The monoisotopic (exact) mass is 447 g/mol. The second kappa shape index (κ2) is 10.3. The van der Waals surface area contributed by atoms with Crippen molar-refractivity contribution in [2.75, 3.05) is 39.3 Å². The molecule has 33 heavy (non-hydrogen) atoms. The highest BCUT2D eigenvalue weighted by atomic mass is 16.3. The summed E-state index contributed by atoms with van der Waals surface area (Å²) < 4.78 is 7.56. The van der Waals surface area contributed by atoms with E-state index in [2.05, 4.69) is 15.3 Å². The van der Waals surface area contributed by atoms with E-state index in [-0.39, 0.29) is 11.8 Å². The summed E-state index contributed by atoms with van der Waals surface area (Å²) in [7, 11) is 0. The van der Waals surface area contributed by atoms with Crippen molar-refractivity contribution in [3.8, 4) is 17.1 Å². The number of benzene rings is 1. The minimum Gasteiger partial charge on any atom is -0.460 e. The number of rotatable bonds is 7. The van der Waals surface area contributed by atoms with Gasteiger partial charge in [-0.25, -0.2) is 4.68 Å². The van der Waals surface area contributed by atoms with Gasteiger partial charge in [0.05, 0.1) is 5.69 Å². The van der Waals surface area contributed by atoms with Gasteiger partial charge in [0.2, 0.25) is 11.8 Å².